The molecule has 1 N–H and O–H groups in total. The van der Waals surface area contributed by atoms with Gasteiger partial charge in [-0.2, -0.15) is 0 Å². The number of Topliss-reactive ketones (excluding diaryl/α,β-unsaturated/α-hetero) is 1. The van der Waals surface area contributed by atoms with Crippen LogP contribution >= 0.6 is 0 Å². The quantitative estimate of drug-likeness (QED) is 0.774. The zero-order chi connectivity index (χ0) is 12.8. The molecular weight excluding hydrogens is 214 g/mol. The van der Waals surface area contributed by atoms with Crippen molar-refractivity contribution >= 4 is 5.78 Å². The van der Waals surface area contributed by atoms with Crippen molar-refractivity contribution in [2.75, 3.05) is 19.7 Å². The van der Waals surface area contributed by atoms with Gasteiger partial charge in [0.25, 0.3) is 0 Å². The molecule has 2 atom stereocenters. The number of carbonyl (C=O) groups is 1. The van der Waals surface area contributed by atoms with Gasteiger partial charge in [-0.05, 0) is 32.6 Å². The first-order valence-corrected chi connectivity index (χ1v) is 6.96. The molecule has 0 radical (unpaired) electrons. The number of ketones is 1. The molecule has 1 saturated carbocycles. The molecule has 1 fully saturated rings. The predicted molar refractivity (Wildman–Crippen MR) is 69.9 cm³/mol. The van der Waals surface area contributed by atoms with Crippen LogP contribution in [0.2, 0.25) is 0 Å². The highest BCUT2D eigenvalue weighted by atomic mass is 16.3. The summed E-state index contributed by atoms with van der Waals surface area (Å²) in [7, 11) is 0. The van der Waals surface area contributed by atoms with E-state index in [9.17, 15) is 4.79 Å². The third-order valence-electron chi connectivity index (χ3n) is 4.02. The highest BCUT2D eigenvalue weighted by Crippen LogP contribution is 2.29. The lowest BCUT2D eigenvalue weighted by molar-refractivity contribution is -0.126. The van der Waals surface area contributed by atoms with Crippen LogP contribution in [-0.2, 0) is 4.79 Å². The van der Waals surface area contributed by atoms with Gasteiger partial charge in [0.1, 0.15) is 5.78 Å². The lowest BCUT2D eigenvalue weighted by Gasteiger charge is -2.33. The van der Waals surface area contributed by atoms with Crippen molar-refractivity contribution in [3.05, 3.63) is 0 Å². The summed E-state index contributed by atoms with van der Waals surface area (Å²) in [5, 5.41) is 9.05. The third-order valence-corrected chi connectivity index (χ3v) is 4.02. The van der Waals surface area contributed by atoms with Gasteiger partial charge >= 0.3 is 0 Å². The number of hydrogen-bond donors (Lipinski definition) is 1. The summed E-state index contributed by atoms with van der Waals surface area (Å²) in [6.07, 6.45) is 4.07. The standard InChI is InChI=1S/C14H27NO2/c1-4-12-5-6-14(17)13(9-12)10-15(7-8-16)11(2)3/h11-13,16H,4-10H2,1-3H3. The molecule has 3 heteroatoms. The second-order valence-corrected chi connectivity index (χ2v) is 5.52. The molecule has 0 aromatic rings. The number of aliphatic hydroxyl groups excluding tert-OH is 1. The third kappa shape index (κ3) is 4.40. The fraction of sp³-hybridized carbons (Fsp3) is 0.929. The molecule has 3 nitrogen and oxygen atoms in total. The number of aliphatic hydroxyl groups is 1. The lowest BCUT2D eigenvalue weighted by atomic mass is 9.79. The number of rotatable bonds is 6. The van der Waals surface area contributed by atoms with Gasteiger partial charge in [-0.25, -0.2) is 0 Å². The van der Waals surface area contributed by atoms with Crippen molar-refractivity contribution < 1.29 is 9.90 Å². The Kier molecular flexibility index (Phi) is 6.14. The first kappa shape index (κ1) is 14.7. The Morgan fingerprint density at radius 2 is 2.18 bits per heavy atom. The maximum atomic E-state index is 11.9. The maximum absolute atomic E-state index is 11.9. The molecule has 0 aromatic carbocycles. The van der Waals surface area contributed by atoms with E-state index in [0.717, 1.165) is 31.7 Å². The molecule has 0 saturated heterocycles. The molecular formula is C14H27NO2. The Bertz CT molecular complexity index is 240. The van der Waals surface area contributed by atoms with Gasteiger partial charge in [-0.3, -0.25) is 9.69 Å². The minimum Gasteiger partial charge on any atom is -0.395 e. The second-order valence-electron chi connectivity index (χ2n) is 5.52. The van der Waals surface area contributed by atoms with Gasteiger partial charge in [0.2, 0.25) is 0 Å². The molecule has 100 valence electrons. The van der Waals surface area contributed by atoms with Gasteiger partial charge in [-0.1, -0.05) is 13.3 Å². The number of carbonyl (C=O) groups excluding carboxylic acids is 1. The van der Waals surface area contributed by atoms with Crippen LogP contribution in [0.15, 0.2) is 0 Å². The molecule has 0 spiro atoms. The van der Waals surface area contributed by atoms with Crippen LogP contribution in [0, 0.1) is 11.8 Å². The van der Waals surface area contributed by atoms with Crippen LogP contribution in [0.3, 0.4) is 0 Å². The monoisotopic (exact) mass is 241 g/mol. The summed E-state index contributed by atoms with van der Waals surface area (Å²) in [5.74, 6) is 1.35. The van der Waals surface area contributed by atoms with E-state index in [0.29, 0.717) is 18.4 Å². The van der Waals surface area contributed by atoms with Gasteiger partial charge in [0.05, 0.1) is 6.61 Å². The molecule has 17 heavy (non-hydrogen) atoms. The van der Waals surface area contributed by atoms with Crippen LogP contribution in [-0.4, -0.2) is 41.5 Å². The van der Waals surface area contributed by atoms with E-state index >= 15 is 0 Å². The van der Waals surface area contributed by atoms with Gasteiger partial charge < -0.3 is 5.11 Å². The van der Waals surface area contributed by atoms with Crippen molar-refractivity contribution in [2.45, 2.75) is 52.5 Å². The Morgan fingerprint density at radius 3 is 2.71 bits per heavy atom. The van der Waals surface area contributed by atoms with E-state index in [-0.39, 0.29) is 12.5 Å². The number of nitrogens with zero attached hydrogens (tertiary/aromatic N) is 1. The largest absolute Gasteiger partial charge is 0.395 e. The summed E-state index contributed by atoms with van der Waals surface area (Å²) in [4.78, 5) is 14.2. The molecule has 0 aliphatic heterocycles. The fourth-order valence-electron chi connectivity index (χ4n) is 2.72. The van der Waals surface area contributed by atoms with Crippen LogP contribution in [0.4, 0.5) is 0 Å². The average Bonchev–Trinajstić information content (AvgIpc) is 2.31. The van der Waals surface area contributed by atoms with E-state index in [2.05, 4.69) is 25.7 Å². The molecule has 0 bridgehead atoms. The van der Waals surface area contributed by atoms with Crippen molar-refractivity contribution in [1.29, 1.82) is 0 Å². The number of hydrogen-bond acceptors (Lipinski definition) is 3. The van der Waals surface area contributed by atoms with Crippen molar-refractivity contribution in [2.24, 2.45) is 11.8 Å². The Morgan fingerprint density at radius 1 is 1.47 bits per heavy atom. The molecule has 0 aromatic heterocycles. The Hall–Kier alpha value is -0.410. The highest BCUT2D eigenvalue weighted by molar-refractivity contribution is 5.81. The normalized spacial score (nSPS) is 25.9. The fourth-order valence-corrected chi connectivity index (χ4v) is 2.72. The van der Waals surface area contributed by atoms with Gasteiger partial charge in [-0.15, -0.1) is 0 Å². The minimum atomic E-state index is 0.177. The van der Waals surface area contributed by atoms with E-state index in [1.165, 1.54) is 6.42 Å². The molecule has 0 amide bonds. The topological polar surface area (TPSA) is 40.5 Å². The molecule has 0 heterocycles. The van der Waals surface area contributed by atoms with Crippen molar-refractivity contribution in [1.82, 2.24) is 4.90 Å². The van der Waals surface area contributed by atoms with Crippen LogP contribution in [0.25, 0.3) is 0 Å². The molecule has 2 unspecified atom stereocenters. The Balaban J connectivity index is 2.54. The van der Waals surface area contributed by atoms with Crippen LogP contribution in [0.5, 0.6) is 0 Å². The van der Waals surface area contributed by atoms with Crippen LogP contribution in [0.1, 0.15) is 46.5 Å². The Labute approximate surface area is 105 Å². The van der Waals surface area contributed by atoms with E-state index in [1.807, 2.05) is 0 Å². The lowest BCUT2D eigenvalue weighted by Crippen LogP contribution is -2.41. The molecule has 1 aliphatic rings. The van der Waals surface area contributed by atoms with Gasteiger partial charge in [0, 0.05) is 31.5 Å². The van der Waals surface area contributed by atoms with Crippen LogP contribution < -0.4 is 0 Å². The highest BCUT2D eigenvalue weighted by Gasteiger charge is 2.29. The predicted octanol–water partition coefficient (Wildman–Crippen LogP) is 2.08. The van der Waals surface area contributed by atoms with E-state index in [4.69, 9.17) is 5.11 Å². The zero-order valence-electron chi connectivity index (χ0n) is 11.5. The molecule has 1 rings (SSSR count). The summed E-state index contributed by atoms with van der Waals surface area (Å²) < 4.78 is 0. The van der Waals surface area contributed by atoms with E-state index in [1.54, 1.807) is 0 Å². The first-order valence-electron chi connectivity index (χ1n) is 6.96. The smallest absolute Gasteiger partial charge is 0.137 e. The minimum absolute atomic E-state index is 0.177. The van der Waals surface area contributed by atoms with Crippen molar-refractivity contribution in [3.63, 3.8) is 0 Å². The van der Waals surface area contributed by atoms with Gasteiger partial charge in [0.15, 0.2) is 0 Å². The zero-order valence-corrected chi connectivity index (χ0v) is 11.5. The summed E-state index contributed by atoms with van der Waals surface area (Å²) in [5.41, 5.74) is 0. The van der Waals surface area contributed by atoms with E-state index < -0.39 is 0 Å². The second kappa shape index (κ2) is 7.12. The average molecular weight is 241 g/mol. The summed E-state index contributed by atoms with van der Waals surface area (Å²) >= 11 is 0. The van der Waals surface area contributed by atoms with Crippen molar-refractivity contribution in [3.8, 4) is 0 Å². The molecule has 1 aliphatic carbocycles. The summed E-state index contributed by atoms with van der Waals surface area (Å²) in [6, 6.07) is 0.400. The first-order chi connectivity index (χ1) is 8.08. The maximum Gasteiger partial charge on any atom is 0.137 e. The summed E-state index contributed by atoms with van der Waals surface area (Å²) in [6.45, 7) is 8.15. The SMILES string of the molecule is CCC1CCC(=O)C(CN(CCO)C(C)C)C1.